The van der Waals surface area contributed by atoms with Gasteiger partial charge in [-0.3, -0.25) is 4.57 Å². The molecular formula is C50H29N3O. The lowest BCUT2D eigenvalue weighted by Gasteiger charge is -2.14. The summed E-state index contributed by atoms with van der Waals surface area (Å²) in [4.78, 5) is 10.9. The Morgan fingerprint density at radius 3 is 1.94 bits per heavy atom. The van der Waals surface area contributed by atoms with Crippen LogP contribution in [0.3, 0.4) is 0 Å². The van der Waals surface area contributed by atoms with Crippen molar-refractivity contribution < 1.29 is 4.42 Å². The van der Waals surface area contributed by atoms with E-state index in [-0.39, 0.29) is 0 Å². The number of benzene rings is 9. The second kappa shape index (κ2) is 11.1. The first-order valence-corrected chi connectivity index (χ1v) is 18.3. The van der Waals surface area contributed by atoms with Crippen molar-refractivity contribution in [1.82, 2.24) is 14.5 Å². The number of para-hydroxylation sites is 2. The predicted octanol–water partition coefficient (Wildman–Crippen LogP) is 13.4. The molecule has 9 aromatic carbocycles. The average molecular weight is 688 g/mol. The summed E-state index contributed by atoms with van der Waals surface area (Å²) >= 11 is 0. The van der Waals surface area contributed by atoms with Gasteiger partial charge in [0.1, 0.15) is 11.2 Å². The second-order valence-electron chi connectivity index (χ2n) is 14.1. The molecular weight excluding hydrogens is 659 g/mol. The van der Waals surface area contributed by atoms with Crippen molar-refractivity contribution in [2.75, 3.05) is 0 Å². The summed E-state index contributed by atoms with van der Waals surface area (Å²) in [6.45, 7) is 0. The van der Waals surface area contributed by atoms with Gasteiger partial charge in [0.2, 0.25) is 5.95 Å². The van der Waals surface area contributed by atoms with Crippen LogP contribution < -0.4 is 0 Å². The minimum absolute atomic E-state index is 0.641. The Kier molecular flexibility index (Phi) is 6.02. The number of nitrogens with zero attached hydrogens (tertiary/aromatic N) is 3. The Morgan fingerprint density at radius 1 is 0.389 bits per heavy atom. The van der Waals surface area contributed by atoms with Crippen LogP contribution in [0.1, 0.15) is 0 Å². The molecule has 4 nitrogen and oxygen atoms in total. The lowest BCUT2D eigenvalue weighted by Crippen LogP contribution is -2.04. The molecule has 4 heteroatoms. The van der Waals surface area contributed by atoms with Gasteiger partial charge in [-0.15, -0.1) is 0 Å². The van der Waals surface area contributed by atoms with Crippen LogP contribution >= 0.6 is 0 Å². The fourth-order valence-corrected chi connectivity index (χ4v) is 8.68. The zero-order valence-corrected chi connectivity index (χ0v) is 29.0. The van der Waals surface area contributed by atoms with Crippen LogP contribution in [0.25, 0.3) is 115 Å². The van der Waals surface area contributed by atoms with Crippen molar-refractivity contribution in [3.8, 4) is 28.3 Å². The molecule has 0 amide bonds. The molecule has 3 heterocycles. The first kappa shape index (κ1) is 29.3. The van der Waals surface area contributed by atoms with E-state index in [2.05, 4.69) is 168 Å². The lowest BCUT2D eigenvalue weighted by atomic mass is 9.96. The molecule has 0 atom stereocenters. The molecule has 0 unspecified atom stereocenters. The maximum Gasteiger partial charge on any atom is 0.235 e. The first-order valence-electron chi connectivity index (χ1n) is 18.3. The predicted molar refractivity (Wildman–Crippen MR) is 225 cm³/mol. The minimum Gasteiger partial charge on any atom is -0.456 e. The van der Waals surface area contributed by atoms with Crippen LogP contribution in [0.2, 0.25) is 0 Å². The van der Waals surface area contributed by atoms with Gasteiger partial charge in [0.25, 0.3) is 0 Å². The smallest absolute Gasteiger partial charge is 0.235 e. The minimum atomic E-state index is 0.641. The highest BCUT2D eigenvalue weighted by molar-refractivity contribution is 6.23. The number of aromatic nitrogens is 3. The largest absolute Gasteiger partial charge is 0.456 e. The fourth-order valence-electron chi connectivity index (χ4n) is 8.68. The summed E-state index contributed by atoms with van der Waals surface area (Å²) < 4.78 is 8.58. The van der Waals surface area contributed by atoms with Crippen molar-refractivity contribution in [3.05, 3.63) is 176 Å². The van der Waals surface area contributed by atoms with Gasteiger partial charge in [-0.05, 0) is 74.5 Å². The topological polar surface area (TPSA) is 43.9 Å². The van der Waals surface area contributed by atoms with Gasteiger partial charge in [0.05, 0.1) is 22.2 Å². The molecule has 0 aliphatic carbocycles. The van der Waals surface area contributed by atoms with Crippen molar-refractivity contribution in [1.29, 1.82) is 0 Å². The van der Waals surface area contributed by atoms with Gasteiger partial charge in [0, 0.05) is 37.9 Å². The van der Waals surface area contributed by atoms with Gasteiger partial charge in [-0.2, -0.15) is 0 Å². The number of fused-ring (bicyclic) bond motifs is 12. The molecule has 12 rings (SSSR count). The van der Waals surface area contributed by atoms with Crippen molar-refractivity contribution in [2.24, 2.45) is 0 Å². The summed E-state index contributed by atoms with van der Waals surface area (Å²) in [5.41, 5.74) is 9.16. The molecule has 0 aliphatic rings. The zero-order valence-electron chi connectivity index (χ0n) is 29.0. The number of hydrogen-bond acceptors (Lipinski definition) is 3. The van der Waals surface area contributed by atoms with Crippen LogP contribution in [-0.4, -0.2) is 14.5 Å². The summed E-state index contributed by atoms with van der Waals surface area (Å²) in [6.07, 6.45) is 0. The molecule has 0 fully saturated rings. The van der Waals surface area contributed by atoms with E-state index in [0.717, 1.165) is 82.1 Å². The number of hydrogen-bond donors (Lipinski definition) is 0. The Labute approximate surface area is 309 Å². The van der Waals surface area contributed by atoms with E-state index in [1.165, 1.54) is 27.3 Å². The molecule has 250 valence electrons. The fraction of sp³-hybridized carbons (Fsp3) is 0. The van der Waals surface area contributed by atoms with E-state index < -0.39 is 0 Å². The standard InChI is InChI=1S/C50H29N3O/c1-3-13-35-30(10-1)12-9-17-36(35)32-20-22-33(23-21-32)48-40-26-24-31-11-2-4-14-37(31)49(40)52-50(51-48)53-43-18-7-5-15-38(43)42-28-34-25-27-46-47(41(34)29-44(42)53)39-16-6-8-19-45(39)54-46/h1-29H. The molecule has 0 saturated carbocycles. The Morgan fingerprint density at radius 2 is 1.07 bits per heavy atom. The molecule has 0 N–H and O–H groups in total. The van der Waals surface area contributed by atoms with E-state index in [0.29, 0.717) is 5.95 Å². The van der Waals surface area contributed by atoms with E-state index in [4.69, 9.17) is 14.4 Å². The molecule has 0 radical (unpaired) electrons. The third-order valence-corrected chi connectivity index (χ3v) is 11.2. The monoisotopic (exact) mass is 687 g/mol. The van der Waals surface area contributed by atoms with Gasteiger partial charge in [-0.1, -0.05) is 140 Å². The maximum atomic E-state index is 6.33. The van der Waals surface area contributed by atoms with E-state index in [1.54, 1.807) is 0 Å². The molecule has 0 spiro atoms. The number of furan rings is 1. The molecule has 54 heavy (non-hydrogen) atoms. The number of rotatable bonds is 3. The lowest BCUT2D eigenvalue weighted by molar-refractivity contribution is 0.669. The van der Waals surface area contributed by atoms with E-state index >= 15 is 0 Å². The molecule has 0 aliphatic heterocycles. The highest BCUT2D eigenvalue weighted by atomic mass is 16.3. The maximum absolute atomic E-state index is 6.33. The SMILES string of the molecule is c1ccc2c(-c3ccc(-c4nc(-n5c6ccccc6c6cc7ccc8oc9ccccc9c8c7cc65)nc5c4ccc4ccccc45)cc3)cccc2c1. The molecule has 12 aromatic rings. The van der Waals surface area contributed by atoms with Crippen LogP contribution in [0.5, 0.6) is 0 Å². The molecule has 3 aromatic heterocycles. The Balaban J connectivity index is 1.15. The van der Waals surface area contributed by atoms with Gasteiger partial charge in [-0.25, -0.2) is 9.97 Å². The summed E-state index contributed by atoms with van der Waals surface area (Å²) in [5.74, 6) is 0.641. The van der Waals surface area contributed by atoms with Gasteiger partial charge < -0.3 is 4.42 Å². The van der Waals surface area contributed by atoms with Crippen LogP contribution in [0.15, 0.2) is 180 Å². The summed E-state index contributed by atoms with van der Waals surface area (Å²) in [6, 6.07) is 62.6. The Bertz CT molecular complexity index is 3490. The van der Waals surface area contributed by atoms with Crippen molar-refractivity contribution in [3.63, 3.8) is 0 Å². The summed E-state index contributed by atoms with van der Waals surface area (Å²) in [7, 11) is 0. The quantitative estimate of drug-likeness (QED) is 0.174. The molecule has 0 bridgehead atoms. The van der Waals surface area contributed by atoms with Crippen molar-refractivity contribution >= 4 is 87.0 Å². The summed E-state index contributed by atoms with van der Waals surface area (Å²) in [5, 5.41) is 12.6. The van der Waals surface area contributed by atoms with E-state index in [9.17, 15) is 0 Å². The zero-order chi connectivity index (χ0) is 35.3. The Hall–Kier alpha value is -7.30. The third kappa shape index (κ3) is 4.19. The van der Waals surface area contributed by atoms with E-state index in [1.807, 2.05) is 12.1 Å². The van der Waals surface area contributed by atoms with Gasteiger partial charge >= 0.3 is 0 Å². The van der Waals surface area contributed by atoms with Gasteiger partial charge in [0.15, 0.2) is 0 Å². The average Bonchev–Trinajstić information content (AvgIpc) is 3.78. The van der Waals surface area contributed by atoms with Crippen molar-refractivity contribution in [2.45, 2.75) is 0 Å². The molecule has 0 saturated heterocycles. The normalized spacial score (nSPS) is 12.1. The van der Waals surface area contributed by atoms with Crippen LogP contribution in [0.4, 0.5) is 0 Å². The second-order valence-corrected chi connectivity index (χ2v) is 14.1. The highest BCUT2D eigenvalue weighted by Gasteiger charge is 2.20. The third-order valence-electron chi connectivity index (χ3n) is 11.2. The van der Waals surface area contributed by atoms with Crippen LogP contribution in [0, 0.1) is 0 Å². The highest BCUT2D eigenvalue weighted by Crippen LogP contribution is 2.41. The first-order chi connectivity index (χ1) is 26.8. The van der Waals surface area contributed by atoms with Crippen LogP contribution in [-0.2, 0) is 0 Å².